The largest absolute Gasteiger partial charge is 0.378 e. The summed E-state index contributed by atoms with van der Waals surface area (Å²) in [5.74, 6) is 0.299. The number of rotatable bonds is 3. The van der Waals surface area contributed by atoms with Crippen molar-refractivity contribution in [2.45, 2.75) is 38.2 Å². The quantitative estimate of drug-likeness (QED) is 0.905. The van der Waals surface area contributed by atoms with Gasteiger partial charge in [-0.05, 0) is 55.8 Å². The van der Waals surface area contributed by atoms with Crippen LogP contribution in [0, 0.1) is 11.2 Å². The highest BCUT2D eigenvalue weighted by atomic mass is 19.1. The molecule has 1 atom stereocenters. The molecule has 1 unspecified atom stereocenters. The fourth-order valence-electron chi connectivity index (χ4n) is 3.86. The Bertz CT molecular complexity index is 442. The number of benzene rings is 1. The van der Waals surface area contributed by atoms with Gasteiger partial charge in [0.1, 0.15) is 5.82 Å². The van der Waals surface area contributed by atoms with Crippen molar-refractivity contribution in [2.75, 3.05) is 19.7 Å². The summed E-state index contributed by atoms with van der Waals surface area (Å²) < 4.78 is 19.2. The highest BCUT2D eigenvalue weighted by Crippen LogP contribution is 2.55. The molecule has 1 aliphatic carbocycles. The van der Waals surface area contributed by atoms with E-state index in [0.717, 1.165) is 38.1 Å². The lowest BCUT2D eigenvalue weighted by molar-refractivity contribution is -0.0995. The summed E-state index contributed by atoms with van der Waals surface area (Å²) in [5, 5.41) is 3.46. The van der Waals surface area contributed by atoms with Crippen molar-refractivity contribution in [1.29, 1.82) is 0 Å². The fourth-order valence-corrected chi connectivity index (χ4v) is 3.86. The van der Waals surface area contributed by atoms with Crippen molar-refractivity contribution in [3.8, 4) is 0 Å². The van der Waals surface area contributed by atoms with Gasteiger partial charge in [-0.25, -0.2) is 4.39 Å². The minimum Gasteiger partial charge on any atom is -0.378 e. The lowest BCUT2D eigenvalue weighted by Crippen LogP contribution is -2.53. The third kappa shape index (κ3) is 2.41. The Morgan fingerprint density at radius 1 is 1.42 bits per heavy atom. The average Bonchev–Trinajstić information content (AvgIpc) is 2.38. The van der Waals surface area contributed by atoms with Crippen LogP contribution < -0.4 is 5.32 Å². The zero-order valence-corrected chi connectivity index (χ0v) is 11.5. The van der Waals surface area contributed by atoms with Crippen LogP contribution >= 0.6 is 0 Å². The number of ether oxygens (including phenoxy) is 1. The topological polar surface area (TPSA) is 21.3 Å². The van der Waals surface area contributed by atoms with Crippen LogP contribution in [0.1, 0.15) is 37.7 Å². The van der Waals surface area contributed by atoms with E-state index in [2.05, 4.69) is 18.3 Å². The molecular weight excluding hydrogens is 241 g/mol. The number of hydrogen-bond donors (Lipinski definition) is 1. The molecule has 1 aromatic carbocycles. The fraction of sp³-hybridized carbons (Fsp3) is 0.625. The molecule has 0 bridgehead atoms. The second-order valence-electron chi connectivity index (χ2n) is 5.91. The van der Waals surface area contributed by atoms with Crippen molar-refractivity contribution < 1.29 is 9.13 Å². The second-order valence-corrected chi connectivity index (χ2v) is 5.91. The number of hydrogen-bond acceptors (Lipinski definition) is 2. The van der Waals surface area contributed by atoms with Crippen molar-refractivity contribution in [2.24, 2.45) is 5.41 Å². The summed E-state index contributed by atoms with van der Waals surface area (Å²) in [6, 6.07) is 7.12. The smallest absolute Gasteiger partial charge is 0.123 e. The summed E-state index contributed by atoms with van der Waals surface area (Å²) in [6.07, 6.45) is 3.85. The van der Waals surface area contributed by atoms with Crippen molar-refractivity contribution >= 4 is 0 Å². The molecule has 2 fully saturated rings. The van der Waals surface area contributed by atoms with Crippen LogP contribution in [0.5, 0.6) is 0 Å². The van der Waals surface area contributed by atoms with E-state index in [4.69, 9.17) is 4.74 Å². The van der Waals surface area contributed by atoms with Gasteiger partial charge in [0.25, 0.3) is 0 Å². The monoisotopic (exact) mass is 263 g/mol. The zero-order chi connectivity index (χ0) is 13.3. The highest BCUT2D eigenvalue weighted by molar-refractivity contribution is 5.26. The lowest BCUT2D eigenvalue weighted by atomic mass is 9.55. The maximum absolute atomic E-state index is 13.4. The van der Waals surface area contributed by atoms with Gasteiger partial charge in [0, 0.05) is 19.1 Å². The van der Waals surface area contributed by atoms with E-state index in [0.29, 0.717) is 17.4 Å². The number of piperidine rings is 1. The van der Waals surface area contributed by atoms with Crippen LogP contribution in [0.2, 0.25) is 0 Å². The molecule has 0 aromatic heterocycles. The molecule has 0 radical (unpaired) electrons. The van der Waals surface area contributed by atoms with Crippen LogP contribution in [-0.2, 0) is 4.74 Å². The Morgan fingerprint density at radius 3 is 3.00 bits per heavy atom. The number of nitrogens with one attached hydrogen (secondary N) is 1. The molecule has 1 saturated heterocycles. The summed E-state index contributed by atoms with van der Waals surface area (Å²) in [5.41, 5.74) is 1.47. The maximum atomic E-state index is 13.4. The molecule has 1 N–H and O–H groups in total. The normalized spacial score (nSPS) is 34.2. The molecule has 1 spiro atoms. The molecule has 3 heteroatoms. The summed E-state index contributed by atoms with van der Waals surface area (Å²) in [6.45, 7) is 4.88. The molecule has 1 aliphatic heterocycles. The molecule has 1 aromatic rings. The molecule has 0 amide bonds. The van der Waals surface area contributed by atoms with Crippen LogP contribution in [0.15, 0.2) is 24.3 Å². The minimum atomic E-state index is -0.126. The molecule has 3 rings (SSSR count). The van der Waals surface area contributed by atoms with Crippen molar-refractivity contribution in [1.82, 2.24) is 5.32 Å². The maximum Gasteiger partial charge on any atom is 0.123 e. The predicted molar refractivity (Wildman–Crippen MR) is 73.7 cm³/mol. The van der Waals surface area contributed by atoms with E-state index in [-0.39, 0.29) is 5.82 Å². The lowest BCUT2D eigenvalue weighted by Gasteiger charge is -2.54. The first-order chi connectivity index (χ1) is 9.23. The number of halogens is 1. The first-order valence-corrected chi connectivity index (χ1v) is 7.31. The van der Waals surface area contributed by atoms with Gasteiger partial charge in [-0.2, -0.15) is 0 Å². The second kappa shape index (κ2) is 5.22. The van der Waals surface area contributed by atoms with E-state index in [1.165, 1.54) is 12.5 Å². The molecule has 19 heavy (non-hydrogen) atoms. The van der Waals surface area contributed by atoms with Gasteiger partial charge in [-0.15, -0.1) is 0 Å². The van der Waals surface area contributed by atoms with Gasteiger partial charge in [0.05, 0.1) is 6.10 Å². The predicted octanol–water partition coefficient (Wildman–Crippen LogP) is 3.09. The Morgan fingerprint density at radius 2 is 2.26 bits per heavy atom. The van der Waals surface area contributed by atoms with E-state index >= 15 is 0 Å². The minimum absolute atomic E-state index is 0.126. The van der Waals surface area contributed by atoms with Crippen LogP contribution in [-0.4, -0.2) is 25.8 Å². The van der Waals surface area contributed by atoms with Crippen molar-refractivity contribution in [3.63, 3.8) is 0 Å². The Hall–Kier alpha value is -0.930. The SMILES string of the molecule is CCOC1CC2(CCNCC2c2cccc(F)c2)C1. The van der Waals surface area contributed by atoms with Gasteiger partial charge in [0.15, 0.2) is 0 Å². The van der Waals surface area contributed by atoms with E-state index in [9.17, 15) is 4.39 Å². The first kappa shape index (κ1) is 13.1. The first-order valence-electron chi connectivity index (χ1n) is 7.31. The molecule has 2 aliphatic rings. The van der Waals surface area contributed by atoms with Crippen molar-refractivity contribution in [3.05, 3.63) is 35.6 Å². The molecule has 1 saturated carbocycles. The van der Waals surface area contributed by atoms with Crippen LogP contribution in [0.3, 0.4) is 0 Å². The van der Waals surface area contributed by atoms with Crippen LogP contribution in [0.25, 0.3) is 0 Å². The van der Waals surface area contributed by atoms with Gasteiger partial charge in [-0.3, -0.25) is 0 Å². The third-order valence-corrected chi connectivity index (χ3v) is 4.81. The molecule has 2 nitrogen and oxygen atoms in total. The van der Waals surface area contributed by atoms with Crippen LogP contribution in [0.4, 0.5) is 4.39 Å². The summed E-state index contributed by atoms with van der Waals surface area (Å²) in [7, 11) is 0. The third-order valence-electron chi connectivity index (χ3n) is 4.81. The van der Waals surface area contributed by atoms with E-state index in [1.807, 2.05) is 6.07 Å². The van der Waals surface area contributed by atoms with Gasteiger partial charge in [0.2, 0.25) is 0 Å². The van der Waals surface area contributed by atoms with Gasteiger partial charge in [-0.1, -0.05) is 12.1 Å². The average molecular weight is 263 g/mol. The Labute approximate surface area is 114 Å². The summed E-state index contributed by atoms with van der Waals surface area (Å²) in [4.78, 5) is 0. The Kier molecular flexibility index (Phi) is 3.59. The summed E-state index contributed by atoms with van der Waals surface area (Å²) >= 11 is 0. The standard InChI is InChI=1S/C16H22FNO/c1-2-19-14-9-16(10-14)6-7-18-11-15(16)12-4-3-5-13(17)8-12/h3-5,8,14-15,18H,2,6-7,9-11H2,1H3. The molecule has 104 valence electrons. The van der Waals surface area contributed by atoms with E-state index in [1.54, 1.807) is 6.07 Å². The zero-order valence-electron chi connectivity index (χ0n) is 11.5. The van der Waals surface area contributed by atoms with Gasteiger partial charge < -0.3 is 10.1 Å². The van der Waals surface area contributed by atoms with E-state index < -0.39 is 0 Å². The molecule has 1 heterocycles. The Balaban J connectivity index is 1.79. The molecular formula is C16H22FNO. The highest BCUT2D eigenvalue weighted by Gasteiger charge is 2.51. The van der Waals surface area contributed by atoms with Gasteiger partial charge >= 0.3 is 0 Å².